The van der Waals surface area contributed by atoms with Crippen LogP contribution in [-0.2, 0) is 27.2 Å². The number of carbonyl (C=O) groups excluding carboxylic acids is 2. The molecule has 0 saturated heterocycles. The number of nitrogens with one attached hydrogen (secondary N) is 1. The standard InChI is InChI=1S/C19H20ClNO3/c1-2-24-19(23)17(12-14-6-4-3-5-7-14)21-18(22)13-15-8-10-16(20)11-9-15/h3-11,17H,2,12-13H2,1H3,(H,21,22). The number of benzene rings is 2. The normalized spacial score (nSPS) is 11.6. The van der Waals surface area contributed by atoms with E-state index in [0.717, 1.165) is 11.1 Å². The molecule has 0 fully saturated rings. The Balaban J connectivity index is 2.02. The maximum Gasteiger partial charge on any atom is 0.328 e. The van der Waals surface area contributed by atoms with Crippen molar-refractivity contribution in [1.29, 1.82) is 0 Å². The SMILES string of the molecule is CCOC(=O)C(Cc1ccccc1)NC(=O)Cc1ccc(Cl)cc1. The van der Waals surface area contributed by atoms with Crippen LogP contribution < -0.4 is 5.32 Å². The molecule has 1 unspecified atom stereocenters. The molecular formula is C19H20ClNO3. The van der Waals surface area contributed by atoms with Crippen LogP contribution in [0.4, 0.5) is 0 Å². The Kier molecular flexibility index (Phi) is 6.82. The van der Waals surface area contributed by atoms with Gasteiger partial charge in [-0.25, -0.2) is 4.79 Å². The first kappa shape index (κ1) is 18.0. The predicted octanol–water partition coefficient (Wildman–Crippen LogP) is 3.17. The number of carbonyl (C=O) groups is 2. The van der Waals surface area contributed by atoms with Crippen LogP contribution in [0.3, 0.4) is 0 Å². The Morgan fingerprint density at radius 1 is 1.04 bits per heavy atom. The van der Waals surface area contributed by atoms with Gasteiger partial charge in [0.15, 0.2) is 0 Å². The molecule has 1 amide bonds. The number of hydrogen-bond acceptors (Lipinski definition) is 3. The summed E-state index contributed by atoms with van der Waals surface area (Å²) >= 11 is 5.84. The summed E-state index contributed by atoms with van der Waals surface area (Å²) in [5, 5.41) is 3.38. The molecule has 0 aliphatic heterocycles. The highest BCUT2D eigenvalue weighted by molar-refractivity contribution is 6.30. The summed E-state index contributed by atoms with van der Waals surface area (Å²) in [7, 11) is 0. The zero-order chi connectivity index (χ0) is 17.4. The molecule has 0 aromatic heterocycles. The first-order valence-corrected chi connectivity index (χ1v) is 8.20. The second kappa shape index (κ2) is 9.08. The van der Waals surface area contributed by atoms with E-state index in [0.29, 0.717) is 11.4 Å². The van der Waals surface area contributed by atoms with E-state index in [2.05, 4.69) is 5.32 Å². The highest BCUT2D eigenvalue weighted by Gasteiger charge is 2.22. The number of ether oxygens (including phenoxy) is 1. The number of rotatable bonds is 7. The molecule has 4 nitrogen and oxygen atoms in total. The molecule has 0 radical (unpaired) electrons. The van der Waals surface area contributed by atoms with Crippen molar-refractivity contribution in [2.75, 3.05) is 6.61 Å². The molecule has 0 aliphatic rings. The van der Waals surface area contributed by atoms with Gasteiger partial charge in [-0.1, -0.05) is 54.1 Å². The van der Waals surface area contributed by atoms with Crippen molar-refractivity contribution >= 4 is 23.5 Å². The molecular weight excluding hydrogens is 326 g/mol. The Labute approximate surface area is 146 Å². The highest BCUT2D eigenvalue weighted by Crippen LogP contribution is 2.10. The molecule has 1 atom stereocenters. The summed E-state index contributed by atoms with van der Waals surface area (Å²) < 4.78 is 5.07. The predicted molar refractivity (Wildman–Crippen MR) is 93.9 cm³/mol. The molecule has 1 N–H and O–H groups in total. The zero-order valence-electron chi connectivity index (χ0n) is 13.5. The third-order valence-corrected chi connectivity index (χ3v) is 3.72. The molecule has 0 spiro atoms. The molecule has 0 heterocycles. The second-order valence-corrected chi connectivity index (χ2v) is 5.80. The van der Waals surface area contributed by atoms with E-state index in [1.807, 2.05) is 30.3 Å². The average Bonchev–Trinajstić information content (AvgIpc) is 2.57. The van der Waals surface area contributed by atoms with Gasteiger partial charge in [0.05, 0.1) is 13.0 Å². The first-order chi connectivity index (χ1) is 11.6. The molecule has 2 aromatic rings. The maximum atomic E-state index is 12.3. The van der Waals surface area contributed by atoms with E-state index < -0.39 is 12.0 Å². The quantitative estimate of drug-likeness (QED) is 0.784. The topological polar surface area (TPSA) is 55.4 Å². The van der Waals surface area contributed by atoms with E-state index in [-0.39, 0.29) is 18.9 Å². The lowest BCUT2D eigenvalue weighted by atomic mass is 10.1. The summed E-state index contributed by atoms with van der Waals surface area (Å²) in [6, 6.07) is 15.9. The fourth-order valence-electron chi connectivity index (χ4n) is 2.32. The third kappa shape index (κ3) is 5.70. The van der Waals surface area contributed by atoms with Crippen molar-refractivity contribution in [3.63, 3.8) is 0 Å². The van der Waals surface area contributed by atoms with Gasteiger partial charge < -0.3 is 10.1 Å². The van der Waals surface area contributed by atoms with Gasteiger partial charge in [0, 0.05) is 11.4 Å². The van der Waals surface area contributed by atoms with Gasteiger partial charge in [0.2, 0.25) is 5.91 Å². The van der Waals surface area contributed by atoms with E-state index in [9.17, 15) is 9.59 Å². The van der Waals surface area contributed by atoms with Gasteiger partial charge in [-0.05, 0) is 30.2 Å². The number of halogens is 1. The molecule has 0 aliphatic carbocycles. The van der Waals surface area contributed by atoms with Crippen LogP contribution in [0.5, 0.6) is 0 Å². The van der Waals surface area contributed by atoms with Crippen LogP contribution >= 0.6 is 11.6 Å². The average molecular weight is 346 g/mol. The van der Waals surface area contributed by atoms with Crippen molar-refractivity contribution in [2.24, 2.45) is 0 Å². The summed E-state index contributed by atoms with van der Waals surface area (Å²) in [5.41, 5.74) is 1.79. The fourth-order valence-corrected chi connectivity index (χ4v) is 2.44. The summed E-state index contributed by atoms with van der Waals surface area (Å²) in [6.07, 6.45) is 0.577. The lowest BCUT2D eigenvalue weighted by Crippen LogP contribution is -2.44. The minimum absolute atomic E-state index is 0.182. The van der Waals surface area contributed by atoms with Gasteiger partial charge in [-0.15, -0.1) is 0 Å². The van der Waals surface area contributed by atoms with Crippen LogP contribution in [0.15, 0.2) is 54.6 Å². The minimum atomic E-state index is -0.702. The van der Waals surface area contributed by atoms with Crippen LogP contribution in [0.25, 0.3) is 0 Å². The monoisotopic (exact) mass is 345 g/mol. The Morgan fingerprint density at radius 2 is 1.71 bits per heavy atom. The summed E-state index contributed by atoms with van der Waals surface area (Å²) in [5.74, 6) is -0.655. The third-order valence-electron chi connectivity index (χ3n) is 3.47. The largest absolute Gasteiger partial charge is 0.464 e. The van der Waals surface area contributed by atoms with Crippen LogP contribution in [-0.4, -0.2) is 24.5 Å². The maximum absolute atomic E-state index is 12.3. The fraction of sp³-hybridized carbons (Fsp3) is 0.263. The smallest absolute Gasteiger partial charge is 0.328 e. The Morgan fingerprint density at radius 3 is 2.33 bits per heavy atom. The van der Waals surface area contributed by atoms with E-state index in [1.165, 1.54) is 0 Å². The van der Waals surface area contributed by atoms with Gasteiger partial charge in [0.1, 0.15) is 6.04 Å². The molecule has 2 aromatic carbocycles. The summed E-state index contributed by atoms with van der Waals surface area (Å²) in [6.45, 7) is 2.02. The van der Waals surface area contributed by atoms with Crippen LogP contribution in [0.1, 0.15) is 18.1 Å². The number of hydrogen-bond donors (Lipinski definition) is 1. The van der Waals surface area contributed by atoms with E-state index in [4.69, 9.17) is 16.3 Å². The van der Waals surface area contributed by atoms with Gasteiger partial charge in [-0.2, -0.15) is 0 Å². The molecule has 126 valence electrons. The Bertz CT molecular complexity index is 671. The molecule has 2 rings (SSSR count). The molecule has 0 bridgehead atoms. The summed E-state index contributed by atoms with van der Waals surface area (Å²) in [4.78, 5) is 24.4. The van der Waals surface area contributed by atoms with Crippen molar-refractivity contribution < 1.29 is 14.3 Å². The van der Waals surface area contributed by atoms with Crippen molar-refractivity contribution in [1.82, 2.24) is 5.32 Å². The van der Waals surface area contributed by atoms with Crippen LogP contribution in [0, 0.1) is 0 Å². The zero-order valence-corrected chi connectivity index (χ0v) is 14.3. The van der Waals surface area contributed by atoms with Gasteiger partial charge in [-0.3, -0.25) is 4.79 Å². The second-order valence-electron chi connectivity index (χ2n) is 5.37. The minimum Gasteiger partial charge on any atom is -0.464 e. The van der Waals surface area contributed by atoms with Gasteiger partial charge >= 0.3 is 5.97 Å². The van der Waals surface area contributed by atoms with E-state index >= 15 is 0 Å². The lowest BCUT2D eigenvalue weighted by molar-refractivity contribution is -0.147. The Hall–Kier alpha value is -2.33. The van der Waals surface area contributed by atoms with E-state index in [1.54, 1.807) is 31.2 Å². The molecule has 5 heteroatoms. The number of esters is 1. The van der Waals surface area contributed by atoms with Crippen molar-refractivity contribution in [3.8, 4) is 0 Å². The first-order valence-electron chi connectivity index (χ1n) is 7.83. The van der Waals surface area contributed by atoms with Crippen molar-refractivity contribution in [2.45, 2.75) is 25.8 Å². The lowest BCUT2D eigenvalue weighted by Gasteiger charge is -2.17. The number of amides is 1. The highest BCUT2D eigenvalue weighted by atomic mass is 35.5. The van der Waals surface area contributed by atoms with Crippen LogP contribution in [0.2, 0.25) is 5.02 Å². The molecule has 24 heavy (non-hydrogen) atoms. The van der Waals surface area contributed by atoms with Crippen molar-refractivity contribution in [3.05, 3.63) is 70.7 Å². The molecule has 0 saturated carbocycles. The van der Waals surface area contributed by atoms with Gasteiger partial charge in [0.25, 0.3) is 0 Å².